The van der Waals surface area contributed by atoms with E-state index in [0.717, 1.165) is 19.6 Å². The van der Waals surface area contributed by atoms with Gasteiger partial charge in [-0.3, -0.25) is 5.32 Å². The fourth-order valence-corrected chi connectivity index (χ4v) is 2.68. The summed E-state index contributed by atoms with van der Waals surface area (Å²) >= 11 is 0. The molecule has 1 saturated heterocycles. The molecule has 0 saturated carbocycles. The lowest BCUT2D eigenvalue weighted by atomic mass is 10.2. The third kappa shape index (κ3) is 3.40. The molecule has 2 N–H and O–H groups in total. The van der Waals surface area contributed by atoms with Gasteiger partial charge in [-0.2, -0.15) is 0 Å². The number of rotatable bonds is 4. The van der Waals surface area contributed by atoms with Crippen molar-refractivity contribution in [1.29, 1.82) is 0 Å². The molecule has 0 aromatic heterocycles. The van der Waals surface area contributed by atoms with Gasteiger partial charge in [0.2, 0.25) is 0 Å². The van der Waals surface area contributed by atoms with Crippen LogP contribution >= 0.6 is 0 Å². The Morgan fingerprint density at radius 1 is 1.10 bits per heavy atom. The maximum absolute atomic E-state index is 13.7. The predicted octanol–water partition coefficient (Wildman–Crippen LogP) is 2.35. The number of hydrogen-bond donors (Lipinski definition) is 2. The minimum Gasteiger partial charge on any atom is -0.353 e. The topological polar surface area (TPSA) is 27.3 Å². The van der Waals surface area contributed by atoms with Gasteiger partial charge in [-0.1, -0.05) is 36.4 Å². The van der Waals surface area contributed by atoms with Gasteiger partial charge >= 0.3 is 0 Å². The maximum Gasteiger partial charge on any atom is 0.127 e. The summed E-state index contributed by atoms with van der Waals surface area (Å²) in [5.41, 5.74) is 1.90. The molecule has 1 fully saturated rings. The summed E-state index contributed by atoms with van der Waals surface area (Å²) < 4.78 is 13.7. The van der Waals surface area contributed by atoms with Gasteiger partial charge in [-0.25, -0.2) is 4.39 Å². The van der Waals surface area contributed by atoms with Gasteiger partial charge in [0.15, 0.2) is 0 Å². The Kier molecular flexibility index (Phi) is 4.48. The Morgan fingerprint density at radius 3 is 2.67 bits per heavy atom. The minimum absolute atomic E-state index is 0.153. The zero-order valence-electron chi connectivity index (χ0n) is 11.9. The van der Waals surface area contributed by atoms with Crippen molar-refractivity contribution in [1.82, 2.24) is 10.6 Å². The van der Waals surface area contributed by atoms with E-state index in [2.05, 4.69) is 27.7 Å². The van der Waals surface area contributed by atoms with E-state index >= 15 is 0 Å². The summed E-state index contributed by atoms with van der Waals surface area (Å²) in [5, 5.41) is 6.84. The van der Waals surface area contributed by atoms with E-state index < -0.39 is 0 Å². The Balaban J connectivity index is 1.69. The first kappa shape index (κ1) is 14.0. The summed E-state index contributed by atoms with van der Waals surface area (Å²) in [6.45, 7) is 3.29. The normalized spacial score (nSPS) is 18.7. The number of nitrogens with one attached hydrogen (secondary N) is 2. The average Bonchev–Trinajstić information content (AvgIpc) is 2.55. The lowest BCUT2D eigenvalue weighted by Gasteiger charge is -2.38. The highest BCUT2D eigenvalue weighted by Gasteiger charge is 2.21. The number of benzene rings is 2. The third-order valence-corrected chi connectivity index (χ3v) is 3.82. The predicted molar refractivity (Wildman–Crippen MR) is 83.7 cm³/mol. The van der Waals surface area contributed by atoms with Gasteiger partial charge in [-0.05, 0) is 18.2 Å². The van der Waals surface area contributed by atoms with Crippen molar-refractivity contribution >= 4 is 5.69 Å². The molecular formula is C17H20FN3. The summed E-state index contributed by atoms with van der Waals surface area (Å²) in [5.74, 6) is -0.153. The van der Waals surface area contributed by atoms with Crippen molar-refractivity contribution in [3.63, 3.8) is 0 Å². The molecule has 3 nitrogen and oxygen atoms in total. The van der Waals surface area contributed by atoms with Crippen LogP contribution in [-0.4, -0.2) is 25.8 Å². The molecule has 1 heterocycles. The van der Waals surface area contributed by atoms with Gasteiger partial charge in [-0.15, -0.1) is 0 Å². The van der Waals surface area contributed by atoms with Crippen molar-refractivity contribution in [2.45, 2.75) is 12.7 Å². The zero-order chi connectivity index (χ0) is 14.5. The molecule has 2 aromatic rings. The second-order valence-electron chi connectivity index (χ2n) is 5.22. The largest absolute Gasteiger partial charge is 0.353 e. The van der Waals surface area contributed by atoms with Crippen LogP contribution in [0.3, 0.4) is 0 Å². The SMILES string of the molecule is Fc1ccccc1CNC1CNCCN1c1ccccc1. The van der Waals surface area contributed by atoms with E-state index in [1.54, 1.807) is 6.07 Å². The molecule has 1 unspecified atom stereocenters. The summed E-state index contributed by atoms with van der Waals surface area (Å²) in [7, 11) is 0. The molecule has 0 spiro atoms. The van der Waals surface area contributed by atoms with Crippen molar-refractivity contribution in [3.8, 4) is 0 Å². The van der Waals surface area contributed by atoms with Gasteiger partial charge in [0.05, 0.1) is 6.17 Å². The fraction of sp³-hybridized carbons (Fsp3) is 0.294. The summed E-state index contributed by atoms with van der Waals surface area (Å²) in [6, 6.07) is 17.3. The molecule has 2 aromatic carbocycles. The Labute approximate surface area is 124 Å². The number of para-hydroxylation sites is 1. The van der Waals surface area contributed by atoms with E-state index in [1.165, 1.54) is 11.8 Å². The maximum atomic E-state index is 13.7. The lowest BCUT2D eigenvalue weighted by molar-refractivity contribution is 0.406. The van der Waals surface area contributed by atoms with Crippen LogP contribution in [0.4, 0.5) is 10.1 Å². The van der Waals surface area contributed by atoms with Gasteiger partial charge in [0.1, 0.15) is 5.82 Å². The summed E-state index contributed by atoms with van der Waals surface area (Å²) in [6.07, 6.45) is 0.167. The molecule has 1 aliphatic rings. The van der Waals surface area contributed by atoms with E-state index in [-0.39, 0.29) is 12.0 Å². The highest BCUT2D eigenvalue weighted by atomic mass is 19.1. The van der Waals surface area contributed by atoms with Crippen LogP contribution in [0.1, 0.15) is 5.56 Å². The van der Waals surface area contributed by atoms with E-state index in [0.29, 0.717) is 12.1 Å². The van der Waals surface area contributed by atoms with Crippen molar-refractivity contribution in [2.75, 3.05) is 24.5 Å². The molecule has 1 atom stereocenters. The molecule has 0 aliphatic carbocycles. The number of nitrogens with zero attached hydrogens (tertiary/aromatic N) is 1. The fourth-order valence-electron chi connectivity index (χ4n) is 2.68. The van der Waals surface area contributed by atoms with Crippen molar-refractivity contribution < 1.29 is 4.39 Å². The van der Waals surface area contributed by atoms with E-state index in [4.69, 9.17) is 0 Å². The molecule has 21 heavy (non-hydrogen) atoms. The van der Waals surface area contributed by atoms with Crippen molar-refractivity contribution in [2.24, 2.45) is 0 Å². The Morgan fingerprint density at radius 2 is 1.86 bits per heavy atom. The highest BCUT2D eigenvalue weighted by Crippen LogP contribution is 2.17. The first-order valence-corrected chi connectivity index (χ1v) is 7.34. The molecule has 0 radical (unpaired) electrons. The number of halogens is 1. The monoisotopic (exact) mass is 285 g/mol. The molecule has 4 heteroatoms. The number of piperazine rings is 1. The van der Waals surface area contributed by atoms with Crippen LogP contribution in [0.2, 0.25) is 0 Å². The quantitative estimate of drug-likeness (QED) is 0.903. The van der Waals surface area contributed by atoms with Crippen LogP contribution in [0, 0.1) is 5.82 Å². The second-order valence-corrected chi connectivity index (χ2v) is 5.22. The molecular weight excluding hydrogens is 265 g/mol. The van der Waals surface area contributed by atoms with E-state index in [1.807, 2.05) is 30.3 Å². The zero-order valence-corrected chi connectivity index (χ0v) is 11.9. The standard InChI is InChI=1S/C17H20FN3/c18-16-9-5-4-6-14(16)12-20-17-13-19-10-11-21(17)15-7-2-1-3-8-15/h1-9,17,19-20H,10-13H2. The third-order valence-electron chi connectivity index (χ3n) is 3.82. The van der Waals surface area contributed by atoms with Crippen LogP contribution in [0.25, 0.3) is 0 Å². The van der Waals surface area contributed by atoms with Gasteiger partial charge in [0.25, 0.3) is 0 Å². The smallest absolute Gasteiger partial charge is 0.127 e. The van der Waals surface area contributed by atoms with Crippen LogP contribution in [-0.2, 0) is 6.54 Å². The molecule has 0 amide bonds. The molecule has 3 rings (SSSR count). The van der Waals surface area contributed by atoms with Gasteiger partial charge in [0, 0.05) is 37.4 Å². The Bertz CT molecular complexity index is 573. The van der Waals surface area contributed by atoms with Crippen LogP contribution < -0.4 is 15.5 Å². The number of hydrogen-bond acceptors (Lipinski definition) is 3. The van der Waals surface area contributed by atoms with Crippen molar-refractivity contribution in [3.05, 3.63) is 66.0 Å². The van der Waals surface area contributed by atoms with Gasteiger partial charge < -0.3 is 10.2 Å². The second kappa shape index (κ2) is 6.70. The molecule has 110 valence electrons. The minimum atomic E-state index is -0.153. The summed E-state index contributed by atoms with van der Waals surface area (Å²) in [4.78, 5) is 2.33. The first-order chi connectivity index (χ1) is 10.3. The highest BCUT2D eigenvalue weighted by molar-refractivity contribution is 5.47. The average molecular weight is 285 g/mol. The van der Waals surface area contributed by atoms with E-state index in [9.17, 15) is 4.39 Å². The first-order valence-electron chi connectivity index (χ1n) is 7.34. The van der Waals surface area contributed by atoms with Crippen LogP contribution in [0.15, 0.2) is 54.6 Å². The van der Waals surface area contributed by atoms with Crippen LogP contribution in [0.5, 0.6) is 0 Å². The Hall–Kier alpha value is -1.91. The lowest BCUT2D eigenvalue weighted by Crippen LogP contribution is -2.57. The molecule has 0 bridgehead atoms. The molecule has 1 aliphatic heterocycles. The number of anilines is 1.